The minimum absolute atomic E-state index is 0.0381. The molecule has 3 heterocycles. The van der Waals surface area contributed by atoms with Gasteiger partial charge in [0.2, 0.25) is 5.91 Å². The van der Waals surface area contributed by atoms with Gasteiger partial charge in [-0.25, -0.2) is 9.69 Å². The van der Waals surface area contributed by atoms with Crippen molar-refractivity contribution >= 4 is 29.6 Å². The van der Waals surface area contributed by atoms with Crippen LogP contribution in [0.1, 0.15) is 71.0 Å². The van der Waals surface area contributed by atoms with Crippen molar-refractivity contribution in [1.29, 1.82) is 0 Å². The highest BCUT2D eigenvalue weighted by Crippen LogP contribution is 2.66. The molecule has 0 bridgehead atoms. The fourth-order valence-corrected chi connectivity index (χ4v) is 9.20. The van der Waals surface area contributed by atoms with Crippen LogP contribution in [-0.2, 0) is 24.5 Å². The lowest BCUT2D eigenvalue weighted by atomic mass is 9.65. The number of anilines is 1. The van der Waals surface area contributed by atoms with E-state index in [9.17, 15) is 29.7 Å². The predicted octanol–water partition coefficient (Wildman–Crippen LogP) is 6.01. The number of carbonyl (C=O) groups is 4. The number of aliphatic hydroxyl groups is 2. The molecular formula is C48H43N3O9. The zero-order chi connectivity index (χ0) is 42.0. The Labute approximate surface area is 347 Å². The number of ether oxygens (including phenoxy) is 2. The molecule has 3 amide bonds. The van der Waals surface area contributed by atoms with Crippen LogP contribution in [0.4, 0.5) is 10.5 Å². The molecule has 12 heteroatoms. The van der Waals surface area contributed by atoms with Crippen LogP contribution in [-0.4, -0.2) is 70.0 Å². The summed E-state index contributed by atoms with van der Waals surface area (Å²) in [6, 6.07) is 34.4. The molecule has 4 N–H and O–H groups in total. The quantitative estimate of drug-likeness (QED) is 0.0970. The highest BCUT2D eigenvalue weighted by atomic mass is 16.6. The van der Waals surface area contributed by atoms with Crippen LogP contribution in [0.2, 0.25) is 0 Å². The molecule has 3 aliphatic heterocycles. The molecule has 5 aromatic rings. The van der Waals surface area contributed by atoms with E-state index in [0.29, 0.717) is 28.0 Å². The van der Waals surface area contributed by atoms with E-state index >= 15 is 4.79 Å². The standard InChI is InChI=1S/C48H43N3O9/c1-30(32-15-5-2-6-16-32)49-47(58)50-38-24-23-31(14-11-12-25-52)28-37(38)48(46(50)57)39(44(54)55)41-45(56)60-42(34-19-9-4-10-20-34)40(33-17-7-3-8-18-33)51(41)43(48)35-21-13-22-36(29-35)59-27-26-53/h2-10,13,15-24,28-30,39-43,52-53H,12,25-27H2,1H3,(H,49,58)(H,54,55)/t30-,39-,40-,41-,42+,43+,48-/m1/s1. The van der Waals surface area contributed by atoms with Gasteiger partial charge in [0.25, 0.3) is 0 Å². The number of aliphatic carboxylic acids is 1. The number of morpholine rings is 1. The normalized spacial score (nSPS) is 23.5. The number of rotatable bonds is 10. The molecule has 12 nitrogen and oxygen atoms in total. The smallest absolute Gasteiger partial charge is 0.329 e. The highest BCUT2D eigenvalue weighted by molar-refractivity contribution is 6.24. The van der Waals surface area contributed by atoms with Gasteiger partial charge < -0.3 is 30.1 Å². The van der Waals surface area contributed by atoms with E-state index in [1.54, 1.807) is 54.3 Å². The third-order valence-electron chi connectivity index (χ3n) is 11.6. The molecule has 3 aliphatic rings. The number of esters is 1. The second-order valence-electron chi connectivity index (χ2n) is 15.0. The Morgan fingerprint density at radius 2 is 1.48 bits per heavy atom. The Bertz CT molecular complexity index is 2470. The number of nitrogens with zero attached hydrogens (tertiary/aromatic N) is 2. The van der Waals surface area contributed by atoms with Gasteiger partial charge in [-0.3, -0.25) is 19.3 Å². The summed E-state index contributed by atoms with van der Waals surface area (Å²) in [4.78, 5) is 62.5. The number of amides is 3. The second kappa shape index (κ2) is 16.8. The number of urea groups is 1. The number of hydrogen-bond acceptors (Lipinski definition) is 9. The molecule has 5 aromatic carbocycles. The Balaban J connectivity index is 1.42. The zero-order valence-electron chi connectivity index (χ0n) is 32.7. The van der Waals surface area contributed by atoms with Crippen LogP contribution >= 0.6 is 0 Å². The Hall–Kier alpha value is -6.78. The first-order valence-electron chi connectivity index (χ1n) is 19.8. The highest BCUT2D eigenvalue weighted by Gasteiger charge is 2.76. The van der Waals surface area contributed by atoms with E-state index in [4.69, 9.17) is 9.47 Å². The van der Waals surface area contributed by atoms with Crippen molar-refractivity contribution in [2.75, 3.05) is 24.7 Å². The molecule has 1 spiro atoms. The molecule has 7 atom stereocenters. The number of benzene rings is 5. The van der Waals surface area contributed by atoms with Crippen LogP contribution in [0.5, 0.6) is 5.75 Å². The second-order valence-corrected chi connectivity index (χ2v) is 15.0. The molecule has 0 aliphatic carbocycles. The predicted molar refractivity (Wildman–Crippen MR) is 221 cm³/mol. The first kappa shape index (κ1) is 40.0. The fraction of sp³-hybridized carbons (Fsp3) is 0.250. The number of carboxylic acids is 1. The van der Waals surface area contributed by atoms with Gasteiger partial charge in [0, 0.05) is 12.0 Å². The number of cyclic esters (lactones) is 1. The van der Waals surface area contributed by atoms with Gasteiger partial charge in [-0.15, -0.1) is 0 Å². The third kappa shape index (κ3) is 6.86. The summed E-state index contributed by atoms with van der Waals surface area (Å²) in [6.07, 6.45) is -0.786. The van der Waals surface area contributed by atoms with Crippen molar-refractivity contribution < 1.29 is 44.0 Å². The molecule has 60 heavy (non-hydrogen) atoms. The van der Waals surface area contributed by atoms with Crippen molar-refractivity contribution in [1.82, 2.24) is 10.2 Å². The first-order chi connectivity index (χ1) is 29.2. The summed E-state index contributed by atoms with van der Waals surface area (Å²) < 4.78 is 12.2. The van der Waals surface area contributed by atoms with Gasteiger partial charge in [-0.2, -0.15) is 0 Å². The Morgan fingerprint density at radius 3 is 2.15 bits per heavy atom. The minimum Gasteiger partial charge on any atom is -0.491 e. The van der Waals surface area contributed by atoms with Crippen LogP contribution < -0.4 is 15.0 Å². The zero-order valence-corrected chi connectivity index (χ0v) is 32.7. The van der Waals surface area contributed by atoms with E-state index in [1.807, 2.05) is 91.0 Å². The number of carbonyl (C=O) groups excluding carboxylic acids is 3. The van der Waals surface area contributed by atoms with Crippen LogP contribution in [0.15, 0.2) is 133 Å². The van der Waals surface area contributed by atoms with Gasteiger partial charge in [-0.05, 0) is 65.1 Å². The van der Waals surface area contributed by atoms with Gasteiger partial charge in [0.15, 0.2) is 0 Å². The van der Waals surface area contributed by atoms with Gasteiger partial charge >= 0.3 is 18.0 Å². The monoisotopic (exact) mass is 805 g/mol. The number of aliphatic hydroxyl groups excluding tert-OH is 2. The van der Waals surface area contributed by atoms with Crippen molar-refractivity contribution in [2.45, 2.75) is 49.0 Å². The van der Waals surface area contributed by atoms with Crippen molar-refractivity contribution in [3.8, 4) is 17.6 Å². The summed E-state index contributed by atoms with van der Waals surface area (Å²) in [5.41, 5.74) is 1.14. The van der Waals surface area contributed by atoms with Crippen LogP contribution in [0.3, 0.4) is 0 Å². The van der Waals surface area contributed by atoms with Gasteiger partial charge in [0.05, 0.1) is 37.0 Å². The van der Waals surface area contributed by atoms with E-state index < -0.39 is 65.5 Å². The lowest BCUT2D eigenvalue weighted by molar-refractivity contribution is -0.179. The minimum atomic E-state index is -2.15. The summed E-state index contributed by atoms with van der Waals surface area (Å²) in [5.74, 6) is 1.34. The summed E-state index contributed by atoms with van der Waals surface area (Å²) in [7, 11) is 0. The molecular weight excluding hydrogens is 763 g/mol. The van der Waals surface area contributed by atoms with Crippen LogP contribution in [0.25, 0.3) is 0 Å². The first-order valence-corrected chi connectivity index (χ1v) is 19.8. The lowest BCUT2D eigenvalue weighted by Gasteiger charge is -2.46. The summed E-state index contributed by atoms with van der Waals surface area (Å²) in [6.45, 7) is 1.29. The van der Waals surface area contributed by atoms with Crippen LogP contribution in [0, 0.1) is 17.8 Å². The molecule has 2 saturated heterocycles. The number of nitrogens with one attached hydrogen (secondary N) is 1. The average molecular weight is 806 g/mol. The number of fused-ring (bicyclic) bond motifs is 3. The summed E-state index contributed by atoms with van der Waals surface area (Å²) in [5, 5.41) is 33.7. The van der Waals surface area contributed by atoms with Crippen molar-refractivity contribution in [3.05, 3.63) is 167 Å². The Kier molecular flexibility index (Phi) is 11.2. The average Bonchev–Trinajstić information content (AvgIpc) is 3.73. The van der Waals surface area contributed by atoms with E-state index in [-0.39, 0.29) is 37.5 Å². The van der Waals surface area contributed by atoms with Crippen molar-refractivity contribution in [2.24, 2.45) is 5.92 Å². The maximum atomic E-state index is 16.0. The largest absolute Gasteiger partial charge is 0.491 e. The fourth-order valence-electron chi connectivity index (χ4n) is 9.20. The number of imide groups is 1. The molecule has 8 rings (SSSR count). The van der Waals surface area contributed by atoms with E-state index in [0.717, 1.165) is 10.5 Å². The molecule has 0 saturated carbocycles. The maximum absolute atomic E-state index is 16.0. The van der Waals surface area contributed by atoms with Crippen molar-refractivity contribution in [3.63, 3.8) is 0 Å². The van der Waals surface area contributed by atoms with E-state index in [2.05, 4.69) is 17.2 Å². The topological polar surface area (TPSA) is 166 Å². The number of hydrogen-bond donors (Lipinski definition) is 4. The summed E-state index contributed by atoms with van der Waals surface area (Å²) >= 11 is 0. The SMILES string of the molecule is C[C@@H](NC(=O)N1C(=O)[C@@]2(c3cc(C#CCCO)ccc31)[C@H](c1cccc(OCCO)c1)N1[C@H](c3ccccc3)[C@H](c3ccccc3)OC(=O)[C@H]1[C@@H]2C(=O)O)c1ccccc1. The molecule has 0 unspecified atom stereocenters. The maximum Gasteiger partial charge on any atom is 0.329 e. The number of carboxylic acid groups (broad SMARTS) is 1. The van der Waals surface area contributed by atoms with E-state index in [1.165, 1.54) is 0 Å². The molecule has 0 radical (unpaired) electrons. The Morgan fingerprint density at radius 1 is 0.817 bits per heavy atom. The van der Waals surface area contributed by atoms with Gasteiger partial charge in [-0.1, -0.05) is 115 Å². The lowest BCUT2D eigenvalue weighted by Crippen LogP contribution is -2.54. The molecule has 2 fully saturated rings. The third-order valence-corrected chi connectivity index (χ3v) is 11.6. The van der Waals surface area contributed by atoms with Gasteiger partial charge in [0.1, 0.15) is 35.8 Å². The molecule has 0 aromatic heterocycles. The molecule has 304 valence electrons.